The third-order valence-corrected chi connectivity index (χ3v) is 2.50. The molecule has 2 aromatic rings. The highest BCUT2D eigenvalue weighted by molar-refractivity contribution is 5.94. The van der Waals surface area contributed by atoms with Crippen LogP contribution in [0.5, 0.6) is 0 Å². The van der Waals surface area contributed by atoms with Gasteiger partial charge >= 0.3 is 0 Å². The lowest BCUT2D eigenvalue weighted by Crippen LogP contribution is -2.27. The first-order valence-electron chi connectivity index (χ1n) is 6.10. The summed E-state index contributed by atoms with van der Waals surface area (Å²) in [5, 5.41) is 15.5. The van der Waals surface area contributed by atoms with Gasteiger partial charge in [0.25, 0.3) is 5.91 Å². The molecule has 2 N–H and O–H groups in total. The summed E-state index contributed by atoms with van der Waals surface area (Å²) in [5.74, 6) is 5.02. The second-order valence-corrected chi connectivity index (χ2v) is 3.95. The van der Waals surface area contributed by atoms with Crippen molar-refractivity contribution in [2.45, 2.75) is 6.54 Å². The first kappa shape index (κ1) is 13.8. The maximum atomic E-state index is 11.9. The number of rotatable bonds is 4. The Morgan fingerprint density at radius 1 is 1.45 bits per heavy atom. The minimum atomic E-state index is -0.222. The quantitative estimate of drug-likeness (QED) is 0.769. The molecule has 6 heteroatoms. The van der Waals surface area contributed by atoms with Crippen molar-refractivity contribution in [1.82, 2.24) is 20.1 Å². The number of nitrogens with zero attached hydrogens (tertiary/aromatic N) is 3. The lowest BCUT2D eigenvalue weighted by Gasteiger charge is -2.05. The number of carbonyl (C=O) groups excluding carboxylic acids is 1. The molecule has 0 saturated heterocycles. The Labute approximate surface area is 116 Å². The number of aliphatic hydroxyl groups excluding tert-OH is 1. The van der Waals surface area contributed by atoms with Crippen LogP contribution in [0.4, 0.5) is 0 Å². The monoisotopic (exact) mass is 270 g/mol. The summed E-state index contributed by atoms with van der Waals surface area (Å²) in [4.78, 5) is 15.9. The number of pyridine rings is 1. The van der Waals surface area contributed by atoms with Crippen LogP contribution in [0.25, 0.3) is 0 Å². The molecule has 102 valence electrons. The maximum Gasteiger partial charge on any atom is 0.252 e. The summed E-state index contributed by atoms with van der Waals surface area (Å²) in [7, 11) is 0. The summed E-state index contributed by atoms with van der Waals surface area (Å²) in [6, 6.07) is 3.47. The fourth-order valence-electron chi connectivity index (χ4n) is 1.59. The highest BCUT2D eigenvalue weighted by Crippen LogP contribution is 2.01. The first-order valence-corrected chi connectivity index (χ1v) is 6.10. The maximum absolute atomic E-state index is 11.9. The molecule has 0 fully saturated rings. The number of hydrogen-bond donors (Lipinski definition) is 2. The average Bonchev–Trinajstić information content (AvgIpc) is 2.98. The molecule has 2 aromatic heterocycles. The highest BCUT2D eigenvalue weighted by atomic mass is 16.2. The van der Waals surface area contributed by atoms with Gasteiger partial charge in [-0.25, -0.2) is 0 Å². The predicted molar refractivity (Wildman–Crippen MR) is 72.8 cm³/mol. The SMILES string of the molecule is O=C(NCCn1cccn1)c1cncc(C#CCO)c1. The molecule has 20 heavy (non-hydrogen) atoms. The van der Waals surface area contributed by atoms with Gasteiger partial charge in [-0.15, -0.1) is 0 Å². The molecule has 0 spiro atoms. The molecule has 2 rings (SSSR count). The Balaban J connectivity index is 1.91. The fraction of sp³-hybridized carbons (Fsp3) is 0.214. The zero-order valence-electron chi connectivity index (χ0n) is 10.8. The van der Waals surface area contributed by atoms with Gasteiger partial charge in [-0.2, -0.15) is 5.10 Å². The van der Waals surface area contributed by atoms with Gasteiger partial charge in [0.15, 0.2) is 0 Å². The number of amides is 1. The average molecular weight is 270 g/mol. The van der Waals surface area contributed by atoms with E-state index < -0.39 is 0 Å². The summed E-state index contributed by atoms with van der Waals surface area (Å²) in [6.07, 6.45) is 6.55. The van der Waals surface area contributed by atoms with Crippen LogP contribution in [0.15, 0.2) is 36.9 Å². The van der Waals surface area contributed by atoms with Crippen molar-refractivity contribution in [3.05, 3.63) is 48.0 Å². The van der Waals surface area contributed by atoms with Crippen LogP contribution in [-0.2, 0) is 6.54 Å². The molecule has 0 aliphatic rings. The molecule has 0 aliphatic carbocycles. The van der Waals surface area contributed by atoms with Crippen molar-refractivity contribution in [2.24, 2.45) is 0 Å². The topological polar surface area (TPSA) is 80.0 Å². The molecule has 0 aliphatic heterocycles. The van der Waals surface area contributed by atoms with E-state index in [4.69, 9.17) is 5.11 Å². The van der Waals surface area contributed by atoms with E-state index in [1.165, 1.54) is 6.20 Å². The highest BCUT2D eigenvalue weighted by Gasteiger charge is 2.05. The van der Waals surface area contributed by atoms with E-state index in [1.54, 1.807) is 23.1 Å². The predicted octanol–water partition coefficient (Wildman–Crippen LogP) is 0.0519. The fourth-order valence-corrected chi connectivity index (χ4v) is 1.59. The van der Waals surface area contributed by atoms with E-state index in [0.717, 1.165) is 0 Å². The molecule has 0 radical (unpaired) electrons. The number of nitrogens with one attached hydrogen (secondary N) is 1. The Morgan fingerprint density at radius 3 is 3.10 bits per heavy atom. The molecule has 1 amide bonds. The van der Waals surface area contributed by atoms with Crippen LogP contribution in [0.3, 0.4) is 0 Å². The van der Waals surface area contributed by atoms with Gasteiger partial charge in [-0.1, -0.05) is 11.8 Å². The van der Waals surface area contributed by atoms with Crippen molar-refractivity contribution in [1.29, 1.82) is 0 Å². The second-order valence-electron chi connectivity index (χ2n) is 3.95. The molecular weight excluding hydrogens is 256 g/mol. The molecule has 0 saturated carbocycles. The zero-order valence-corrected chi connectivity index (χ0v) is 10.8. The van der Waals surface area contributed by atoms with Gasteiger partial charge in [-0.3, -0.25) is 14.5 Å². The Hall–Kier alpha value is -2.65. The molecule has 0 atom stereocenters. The standard InChI is InChI=1S/C14H14N4O2/c19-8-1-3-12-9-13(11-15-10-12)14(20)16-5-7-18-6-2-4-17-18/h2,4,6,9-11,19H,5,7-8H2,(H,16,20). The normalized spacial score (nSPS) is 9.65. The van der Waals surface area contributed by atoms with Crippen LogP contribution in [0, 0.1) is 11.8 Å². The Morgan fingerprint density at radius 2 is 2.35 bits per heavy atom. The van der Waals surface area contributed by atoms with Crippen LogP contribution in [0.2, 0.25) is 0 Å². The number of hydrogen-bond acceptors (Lipinski definition) is 4. The molecule has 2 heterocycles. The van der Waals surface area contributed by atoms with Crippen molar-refractivity contribution in [3.8, 4) is 11.8 Å². The van der Waals surface area contributed by atoms with Gasteiger partial charge in [0.05, 0.1) is 12.1 Å². The minimum absolute atomic E-state index is 0.211. The molecule has 0 unspecified atom stereocenters. The first-order chi connectivity index (χ1) is 9.79. The van der Waals surface area contributed by atoms with E-state index in [9.17, 15) is 4.79 Å². The molecule has 6 nitrogen and oxygen atoms in total. The Bertz CT molecular complexity index is 626. The van der Waals surface area contributed by atoms with Crippen molar-refractivity contribution in [2.75, 3.05) is 13.2 Å². The van der Waals surface area contributed by atoms with Crippen molar-refractivity contribution in [3.63, 3.8) is 0 Å². The van der Waals surface area contributed by atoms with E-state index in [-0.39, 0.29) is 12.5 Å². The summed E-state index contributed by atoms with van der Waals surface area (Å²) < 4.78 is 1.74. The van der Waals surface area contributed by atoms with Crippen LogP contribution >= 0.6 is 0 Å². The van der Waals surface area contributed by atoms with Crippen LogP contribution in [-0.4, -0.2) is 38.9 Å². The molecular formula is C14H14N4O2. The van der Waals surface area contributed by atoms with Gasteiger partial charge in [0, 0.05) is 36.9 Å². The van der Waals surface area contributed by atoms with Gasteiger partial charge < -0.3 is 10.4 Å². The second kappa shape index (κ2) is 7.07. The summed E-state index contributed by atoms with van der Waals surface area (Å²) in [6.45, 7) is 0.865. The van der Waals surface area contributed by atoms with E-state index in [0.29, 0.717) is 24.2 Å². The van der Waals surface area contributed by atoms with Gasteiger partial charge in [0.2, 0.25) is 0 Å². The zero-order chi connectivity index (χ0) is 14.2. The summed E-state index contributed by atoms with van der Waals surface area (Å²) >= 11 is 0. The third-order valence-electron chi connectivity index (χ3n) is 2.50. The van der Waals surface area contributed by atoms with Crippen LogP contribution < -0.4 is 5.32 Å². The van der Waals surface area contributed by atoms with E-state index >= 15 is 0 Å². The van der Waals surface area contributed by atoms with E-state index in [1.807, 2.05) is 12.3 Å². The van der Waals surface area contributed by atoms with Crippen molar-refractivity contribution >= 4 is 5.91 Å². The lowest BCUT2D eigenvalue weighted by molar-refractivity contribution is 0.0951. The Kier molecular flexibility index (Phi) is 4.87. The molecule has 0 aromatic carbocycles. The lowest BCUT2D eigenvalue weighted by atomic mass is 10.2. The third kappa shape index (κ3) is 3.93. The smallest absolute Gasteiger partial charge is 0.252 e. The number of aromatic nitrogens is 3. The number of carbonyl (C=O) groups is 1. The van der Waals surface area contributed by atoms with Crippen molar-refractivity contribution < 1.29 is 9.90 Å². The largest absolute Gasteiger partial charge is 0.384 e. The molecule has 0 bridgehead atoms. The van der Waals surface area contributed by atoms with Gasteiger partial charge in [-0.05, 0) is 12.1 Å². The summed E-state index contributed by atoms with van der Waals surface area (Å²) in [5.41, 5.74) is 1.04. The van der Waals surface area contributed by atoms with Crippen LogP contribution in [0.1, 0.15) is 15.9 Å². The van der Waals surface area contributed by atoms with E-state index in [2.05, 4.69) is 27.2 Å². The van der Waals surface area contributed by atoms with Gasteiger partial charge in [0.1, 0.15) is 6.61 Å². The number of aliphatic hydroxyl groups is 1. The minimum Gasteiger partial charge on any atom is -0.384 e.